The summed E-state index contributed by atoms with van der Waals surface area (Å²) in [7, 11) is 0. The summed E-state index contributed by atoms with van der Waals surface area (Å²) in [5.41, 5.74) is 0.900. The molecule has 0 aliphatic carbocycles. The Kier molecular flexibility index (Phi) is 3.12. The predicted molar refractivity (Wildman–Crippen MR) is 78.7 cm³/mol. The van der Waals surface area contributed by atoms with Crippen molar-refractivity contribution in [3.63, 3.8) is 0 Å². The summed E-state index contributed by atoms with van der Waals surface area (Å²) in [5.74, 6) is 0. The highest BCUT2D eigenvalue weighted by molar-refractivity contribution is 6.42. The minimum Gasteiger partial charge on any atom is -0.246 e. The summed E-state index contributed by atoms with van der Waals surface area (Å²) in [6.45, 7) is 0. The highest BCUT2D eigenvalue weighted by Crippen LogP contribution is 2.32. The lowest BCUT2D eigenvalue weighted by atomic mass is 10.2. The predicted octanol–water partition coefficient (Wildman–Crippen LogP) is 4.56. The van der Waals surface area contributed by atoms with Crippen LogP contribution in [-0.4, -0.2) is 12.1 Å². The topological polar surface area (TPSA) is 40.6 Å². The molecule has 1 heterocycles. The maximum absolute atomic E-state index is 12.1. The van der Waals surface area contributed by atoms with Crippen molar-refractivity contribution < 1.29 is 9.59 Å². The van der Waals surface area contributed by atoms with Crippen molar-refractivity contribution in [2.45, 2.75) is 0 Å². The molecule has 0 unspecified atom stereocenters. The molecule has 20 heavy (non-hydrogen) atoms. The van der Waals surface area contributed by atoms with Crippen molar-refractivity contribution in [1.29, 1.82) is 0 Å². The number of hydrogen-bond donors (Lipinski definition) is 0. The summed E-state index contributed by atoms with van der Waals surface area (Å²) in [6.07, 6.45) is 0. The molecule has 1 fully saturated rings. The Morgan fingerprint density at radius 2 is 1.10 bits per heavy atom. The van der Waals surface area contributed by atoms with E-state index in [0.717, 1.165) is 9.80 Å². The van der Waals surface area contributed by atoms with Gasteiger partial charge in [0.05, 0.1) is 11.4 Å². The van der Waals surface area contributed by atoms with Crippen LogP contribution in [0.15, 0.2) is 48.5 Å². The third kappa shape index (κ3) is 2.03. The van der Waals surface area contributed by atoms with Crippen molar-refractivity contribution in [2.75, 3.05) is 9.80 Å². The molecule has 0 spiro atoms. The number of halogens is 2. The zero-order chi connectivity index (χ0) is 14.3. The number of hydrogen-bond acceptors (Lipinski definition) is 2. The van der Waals surface area contributed by atoms with Crippen LogP contribution in [0.5, 0.6) is 0 Å². The largest absolute Gasteiger partial charge is 0.345 e. The molecule has 100 valence electrons. The van der Waals surface area contributed by atoms with Crippen molar-refractivity contribution in [3.05, 3.63) is 58.6 Å². The fraction of sp³-hybridized carbons (Fsp3) is 0. The molecule has 2 aromatic rings. The third-order valence-electron chi connectivity index (χ3n) is 2.90. The molecule has 1 aliphatic heterocycles. The van der Waals surface area contributed by atoms with Crippen molar-refractivity contribution >= 4 is 46.6 Å². The lowest BCUT2D eigenvalue weighted by molar-refractivity contribution is 0.226. The van der Waals surface area contributed by atoms with Crippen LogP contribution in [0.3, 0.4) is 0 Å². The van der Waals surface area contributed by atoms with Gasteiger partial charge in [-0.05, 0) is 36.4 Å². The second kappa shape index (κ2) is 4.81. The van der Waals surface area contributed by atoms with E-state index in [1.54, 1.807) is 48.5 Å². The van der Waals surface area contributed by atoms with Crippen LogP contribution in [-0.2, 0) is 0 Å². The van der Waals surface area contributed by atoms with Crippen LogP contribution < -0.4 is 9.80 Å². The van der Waals surface area contributed by atoms with E-state index in [4.69, 9.17) is 23.2 Å². The third-order valence-corrected chi connectivity index (χ3v) is 3.37. The number of nitrogens with zero attached hydrogens (tertiary/aromatic N) is 2. The van der Waals surface area contributed by atoms with Gasteiger partial charge in [-0.15, -0.1) is 0 Å². The number of carbonyl (C=O) groups is 2. The SMILES string of the molecule is O=C1N(c2cccc(Cl)c2)C(=O)N1c1cccc(Cl)c1. The van der Waals surface area contributed by atoms with E-state index in [0.29, 0.717) is 21.4 Å². The molecule has 0 aromatic heterocycles. The smallest absolute Gasteiger partial charge is 0.246 e. The lowest BCUT2D eigenvalue weighted by Crippen LogP contribution is -2.64. The molecule has 0 atom stereocenters. The van der Waals surface area contributed by atoms with Crippen LogP contribution in [0.1, 0.15) is 0 Å². The fourth-order valence-corrected chi connectivity index (χ4v) is 2.36. The molecule has 0 bridgehead atoms. The zero-order valence-corrected chi connectivity index (χ0v) is 11.6. The summed E-state index contributed by atoms with van der Waals surface area (Å²) in [5, 5.41) is 0.925. The zero-order valence-electron chi connectivity index (χ0n) is 10.1. The van der Waals surface area contributed by atoms with E-state index in [9.17, 15) is 9.59 Å². The van der Waals surface area contributed by atoms with Crippen molar-refractivity contribution in [1.82, 2.24) is 0 Å². The van der Waals surface area contributed by atoms with E-state index >= 15 is 0 Å². The van der Waals surface area contributed by atoms with Gasteiger partial charge >= 0.3 is 12.1 Å². The van der Waals surface area contributed by atoms with Crippen LogP contribution in [0.4, 0.5) is 21.0 Å². The number of amides is 4. The van der Waals surface area contributed by atoms with E-state index in [1.165, 1.54) is 0 Å². The molecule has 3 rings (SSSR count). The van der Waals surface area contributed by atoms with E-state index in [2.05, 4.69) is 0 Å². The quantitative estimate of drug-likeness (QED) is 0.816. The van der Waals surface area contributed by atoms with Gasteiger partial charge in [-0.2, -0.15) is 0 Å². The summed E-state index contributed by atoms with van der Waals surface area (Å²) < 4.78 is 0. The first-order valence-electron chi connectivity index (χ1n) is 5.77. The van der Waals surface area contributed by atoms with Crippen molar-refractivity contribution in [3.8, 4) is 0 Å². The Labute approximate surface area is 125 Å². The van der Waals surface area contributed by atoms with Gasteiger partial charge in [0, 0.05) is 10.0 Å². The Morgan fingerprint density at radius 1 is 0.700 bits per heavy atom. The maximum Gasteiger partial charge on any atom is 0.345 e. The van der Waals surface area contributed by atoms with Crippen LogP contribution in [0.2, 0.25) is 10.0 Å². The number of benzene rings is 2. The van der Waals surface area contributed by atoms with Gasteiger partial charge < -0.3 is 0 Å². The number of anilines is 2. The molecule has 0 N–H and O–H groups in total. The van der Waals surface area contributed by atoms with Crippen molar-refractivity contribution in [2.24, 2.45) is 0 Å². The first kappa shape index (κ1) is 13.0. The molecule has 6 heteroatoms. The molecular weight excluding hydrogens is 299 g/mol. The summed E-state index contributed by atoms with van der Waals surface area (Å²) in [4.78, 5) is 26.4. The van der Waals surface area contributed by atoms with Crippen LogP contribution in [0.25, 0.3) is 0 Å². The van der Waals surface area contributed by atoms with Gasteiger partial charge in [-0.1, -0.05) is 35.3 Å². The van der Waals surface area contributed by atoms with E-state index in [1.807, 2.05) is 0 Å². The van der Waals surface area contributed by atoms with Crippen LogP contribution in [0, 0.1) is 0 Å². The molecule has 2 aromatic carbocycles. The number of urea groups is 2. The highest BCUT2D eigenvalue weighted by atomic mass is 35.5. The molecule has 1 saturated heterocycles. The normalized spacial score (nSPS) is 14.5. The van der Waals surface area contributed by atoms with Gasteiger partial charge in [-0.3, -0.25) is 0 Å². The van der Waals surface area contributed by atoms with Gasteiger partial charge in [0.25, 0.3) is 0 Å². The van der Waals surface area contributed by atoms with E-state index < -0.39 is 12.1 Å². The average Bonchev–Trinajstić information content (AvgIpc) is 2.39. The van der Waals surface area contributed by atoms with E-state index in [-0.39, 0.29) is 0 Å². The van der Waals surface area contributed by atoms with Gasteiger partial charge in [0.2, 0.25) is 0 Å². The fourth-order valence-electron chi connectivity index (χ4n) is 1.99. The summed E-state index contributed by atoms with van der Waals surface area (Å²) in [6, 6.07) is 12.3. The number of imide groups is 2. The number of rotatable bonds is 2. The Morgan fingerprint density at radius 3 is 1.45 bits per heavy atom. The van der Waals surface area contributed by atoms with Crippen LogP contribution >= 0.6 is 23.2 Å². The minimum atomic E-state index is -0.431. The molecule has 1 aliphatic rings. The Balaban J connectivity index is 1.91. The Bertz CT molecular complexity index is 644. The molecule has 4 nitrogen and oxygen atoms in total. The average molecular weight is 307 g/mol. The monoisotopic (exact) mass is 306 g/mol. The second-order valence-corrected chi connectivity index (χ2v) is 5.07. The first-order valence-corrected chi connectivity index (χ1v) is 6.53. The number of carbonyl (C=O) groups excluding carboxylic acids is 2. The lowest BCUT2D eigenvalue weighted by Gasteiger charge is -2.38. The second-order valence-electron chi connectivity index (χ2n) is 4.20. The maximum atomic E-state index is 12.1. The standard InChI is InChI=1S/C14H8Cl2N2O2/c15-9-3-1-5-11(7-9)17-13(19)18(14(17)20)12-6-2-4-10(16)8-12/h1-8H. The highest BCUT2D eigenvalue weighted by Gasteiger charge is 2.45. The molecular formula is C14H8Cl2N2O2. The molecule has 0 saturated carbocycles. The molecule has 4 amide bonds. The first-order chi connectivity index (χ1) is 9.58. The summed E-state index contributed by atoms with van der Waals surface area (Å²) >= 11 is 11.7. The molecule has 0 radical (unpaired) electrons. The Hall–Kier alpha value is -2.04. The van der Waals surface area contributed by atoms with Gasteiger partial charge in [0.1, 0.15) is 0 Å². The van der Waals surface area contributed by atoms with Gasteiger partial charge in [-0.25, -0.2) is 19.4 Å². The van der Waals surface area contributed by atoms with Gasteiger partial charge in [0.15, 0.2) is 0 Å². The minimum absolute atomic E-state index is 0.431.